The van der Waals surface area contributed by atoms with Gasteiger partial charge in [-0.15, -0.1) is 0 Å². The first-order valence-electron chi connectivity index (χ1n) is 7.69. The highest BCUT2D eigenvalue weighted by Gasteiger charge is 2.25. The minimum atomic E-state index is 0.508. The molecule has 2 heterocycles. The summed E-state index contributed by atoms with van der Waals surface area (Å²) in [5.41, 5.74) is 1.19. The van der Waals surface area contributed by atoms with Gasteiger partial charge in [-0.3, -0.25) is 4.68 Å². The normalized spacial score (nSPS) is 23.1. The predicted octanol–water partition coefficient (Wildman–Crippen LogP) is 0.577. The molecule has 0 bridgehead atoms. The predicted molar refractivity (Wildman–Crippen MR) is 82.9 cm³/mol. The van der Waals surface area contributed by atoms with E-state index in [2.05, 4.69) is 47.3 Å². The van der Waals surface area contributed by atoms with Gasteiger partial charge in [-0.1, -0.05) is 6.92 Å². The minimum Gasteiger partial charge on any atom is -0.314 e. The molecule has 2 rings (SSSR count). The number of likely N-dealkylation sites (N-methyl/N-ethyl adjacent to an activating group) is 3. The molecule has 1 fully saturated rings. The molecule has 0 aromatic carbocycles. The second-order valence-electron chi connectivity index (χ2n) is 6.07. The van der Waals surface area contributed by atoms with Gasteiger partial charge in [0.1, 0.15) is 0 Å². The molecule has 0 aliphatic carbocycles. The Hall–Kier alpha value is -0.910. The first kappa shape index (κ1) is 15.5. The Bertz CT molecular complexity index is 403. The molecule has 0 saturated carbocycles. The summed E-state index contributed by atoms with van der Waals surface area (Å²) in [6.07, 6.45) is 4.23. The van der Waals surface area contributed by atoms with E-state index in [-0.39, 0.29) is 0 Å². The van der Waals surface area contributed by atoms with Crippen molar-refractivity contribution in [3.63, 3.8) is 0 Å². The lowest BCUT2D eigenvalue weighted by Crippen LogP contribution is -2.52. The molecule has 114 valence electrons. The second-order valence-corrected chi connectivity index (χ2v) is 6.07. The first-order valence-corrected chi connectivity index (χ1v) is 7.69. The van der Waals surface area contributed by atoms with Gasteiger partial charge < -0.3 is 15.1 Å². The molecule has 0 radical (unpaired) electrons. The Balaban J connectivity index is 1.93. The van der Waals surface area contributed by atoms with Crippen molar-refractivity contribution in [2.75, 3.05) is 40.3 Å². The lowest BCUT2D eigenvalue weighted by atomic mass is 9.99. The molecular weight excluding hydrogens is 250 g/mol. The van der Waals surface area contributed by atoms with E-state index in [0.29, 0.717) is 12.1 Å². The summed E-state index contributed by atoms with van der Waals surface area (Å²) in [6, 6.07) is 3.27. The number of rotatable bonds is 6. The van der Waals surface area contributed by atoms with Crippen LogP contribution in [0.2, 0.25) is 0 Å². The molecule has 5 nitrogen and oxygen atoms in total. The fourth-order valence-corrected chi connectivity index (χ4v) is 3.04. The van der Waals surface area contributed by atoms with Gasteiger partial charge in [-0.05, 0) is 33.1 Å². The summed E-state index contributed by atoms with van der Waals surface area (Å²) < 4.78 is 1.89. The van der Waals surface area contributed by atoms with E-state index in [4.69, 9.17) is 0 Å². The molecule has 1 saturated heterocycles. The van der Waals surface area contributed by atoms with Gasteiger partial charge in [-0.2, -0.15) is 5.10 Å². The first-order chi connectivity index (χ1) is 9.58. The van der Waals surface area contributed by atoms with E-state index in [0.717, 1.165) is 13.0 Å². The highest BCUT2D eigenvalue weighted by Crippen LogP contribution is 2.14. The van der Waals surface area contributed by atoms with Crippen molar-refractivity contribution in [1.82, 2.24) is 24.9 Å². The van der Waals surface area contributed by atoms with Gasteiger partial charge in [0, 0.05) is 51.4 Å². The molecule has 0 amide bonds. The highest BCUT2D eigenvalue weighted by molar-refractivity contribution is 5.02. The van der Waals surface area contributed by atoms with Crippen molar-refractivity contribution >= 4 is 0 Å². The lowest BCUT2D eigenvalue weighted by molar-refractivity contribution is 0.101. The zero-order valence-electron chi connectivity index (χ0n) is 13.3. The Morgan fingerprint density at radius 1 is 1.35 bits per heavy atom. The Morgan fingerprint density at radius 2 is 2.15 bits per heavy atom. The van der Waals surface area contributed by atoms with Crippen LogP contribution >= 0.6 is 0 Å². The zero-order valence-corrected chi connectivity index (χ0v) is 13.3. The number of piperazine rings is 1. The highest BCUT2D eigenvalue weighted by atomic mass is 15.3. The van der Waals surface area contributed by atoms with Crippen LogP contribution in [0, 0.1) is 0 Å². The number of hydrogen-bond donors (Lipinski definition) is 1. The van der Waals surface area contributed by atoms with Crippen molar-refractivity contribution in [1.29, 1.82) is 0 Å². The standard InChI is InChI=1S/C15H29N5/c1-5-16-14(10-13-6-7-20(4)17-13)11-15-12-18(2)8-9-19(15)3/h6-7,14-16H,5,8-12H2,1-4H3. The van der Waals surface area contributed by atoms with Crippen LogP contribution in [-0.4, -0.2) is 71.9 Å². The molecule has 1 aliphatic rings. The van der Waals surface area contributed by atoms with E-state index in [1.54, 1.807) is 0 Å². The Labute approximate surface area is 122 Å². The third-order valence-electron chi connectivity index (χ3n) is 4.25. The SMILES string of the molecule is CCNC(Cc1ccn(C)n1)CC1CN(C)CCN1C. The Kier molecular flexibility index (Phi) is 5.57. The summed E-state index contributed by atoms with van der Waals surface area (Å²) in [4.78, 5) is 4.94. The topological polar surface area (TPSA) is 36.3 Å². The van der Waals surface area contributed by atoms with E-state index >= 15 is 0 Å². The number of nitrogens with one attached hydrogen (secondary N) is 1. The van der Waals surface area contributed by atoms with Gasteiger partial charge >= 0.3 is 0 Å². The van der Waals surface area contributed by atoms with E-state index < -0.39 is 0 Å². The maximum atomic E-state index is 4.51. The van der Waals surface area contributed by atoms with Crippen molar-refractivity contribution < 1.29 is 0 Å². The van der Waals surface area contributed by atoms with Gasteiger partial charge in [0.2, 0.25) is 0 Å². The van der Waals surface area contributed by atoms with Crippen molar-refractivity contribution in [2.45, 2.75) is 31.8 Å². The van der Waals surface area contributed by atoms with Crippen LogP contribution in [0.1, 0.15) is 19.0 Å². The molecule has 0 spiro atoms. The van der Waals surface area contributed by atoms with Gasteiger partial charge in [0.15, 0.2) is 0 Å². The largest absolute Gasteiger partial charge is 0.314 e. The average molecular weight is 279 g/mol. The molecule has 1 aromatic heterocycles. The van der Waals surface area contributed by atoms with Crippen LogP contribution in [-0.2, 0) is 13.5 Å². The van der Waals surface area contributed by atoms with Gasteiger partial charge in [0.25, 0.3) is 0 Å². The van der Waals surface area contributed by atoms with Crippen molar-refractivity contribution in [2.24, 2.45) is 7.05 Å². The molecule has 1 aromatic rings. The van der Waals surface area contributed by atoms with Crippen LogP contribution in [0.3, 0.4) is 0 Å². The van der Waals surface area contributed by atoms with E-state index in [1.165, 1.54) is 31.7 Å². The third-order valence-corrected chi connectivity index (χ3v) is 4.25. The van der Waals surface area contributed by atoms with Crippen LogP contribution < -0.4 is 5.32 Å². The average Bonchev–Trinajstić information content (AvgIpc) is 2.79. The smallest absolute Gasteiger partial charge is 0.0640 e. The summed E-state index contributed by atoms with van der Waals surface area (Å²) in [5.74, 6) is 0. The maximum absolute atomic E-state index is 4.51. The summed E-state index contributed by atoms with van der Waals surface area (Å²) in [5, 5.41) is 8.14. The summed E-state index contributed by atoms with van der Waals surface area (Å²) in [7, 11) is 6.46. The zero-order chi connectivity index (χ0) is 14.5. The van der Waals surface area contributed by atoms with Crippen molar-refractivity contribution in [3.8, 4) is 0 Å². The molecule has 1 aliphatic heterocycles. The summed E-state index contributed by atoms with van der Waals surface area (Å²) >= 11 is 0. The minimum absolute atomic E-state index is 0.508. The van der Waals surface area contributed by atoms with Gasteiger partial charge in [-0.25, -0.2) is 0 Å². The molecule has 20 heavy (non-hydrogen) atoms. The molecule has 5 heteroatoms. The maximum Gasteiger partial charge on any atom is 0.0640 e. The Morgan fingerprint density at radius 3 is 2.80 bits per heavy atom. The third kappa shape index (κ3) is 4.30. The number of hydrogen-bond acceptors (Lipinski definition) is 4. The van der Waals surface area contributed by atoms with E-state index in [1.807, 2.05) is 17.9 Å². The van der Waals surface area contributed by atoms with Crippen LogP contribution in [0.25, 0.3) is 0 Å². The monoisotopic (exact) mass is 279 g/mol. The van der Waals surface area contributed by atoms with Crippen LogP contribution in [0.5, 0.6) is 0 Å². The molecular formula is C15H29N5. The van der Waals surface area contributed by atoms with Gasteiger partial charge in [0.05, 0.1) is 5.69 Å². The van der Waals surface area contributed by atoms with Crippen LogP contribution in [0.15, 0.2) is 12.3 Å². The number of aryl methyl sites for hydroxylation is 1. The molecule has 2 unspecified atom stereocenters. The fourth-order valence-electron chi connectivity index (χ4n) is 3.04. The molecule has 1 N–H and O–H groups in total. The second kappa shape index (κ2) is 7.20. The fraction of sp³-hybridized carbons (Fsp3) is 0.800. The summed E-state index contributed by atoms with van der Waals surface area (Å²) in [6.45, 7) is 6.72. The lowest BCUT2D eigenvalue weighted by Gasteiger charge is -2.39. The quantitative estimate of drug-likeness (QED) is 0.826. The number of aromatic nitrogens is 2. The number of nitrogens with zero attached hydrogens (tertiary/aromatic N) is 4. The van der Waals surface area contributed by atoms with Crippen LogP contribution in [0.4, 0.5) is 0 Å². The van der Waals surface area contributed by atoms with E-state index in [9.17, 15) is 0 Å². The molecule has 2 atom stereocenters. The van der Waals surface area contributed by atoms with Crippen molar-refractivity contribution in [3.05, 3.63) is 18.0 Å².